The lowest BCUT2D eigenvalue weighted by atomic mass is 9.86. The van der Waals surface area contributed by atoms with Crippen molar-refractivity contribution >= 4 is 5.91 Å². The van der Waals surface area contributed by atoms with Crippen LogP contribution in [0.5, 0.6) is 0 Å². The van der Waals surface area contributed by atoms with Crippen LogP contribution in [0.1, 0.15) is 63.9 Å². The standard InChI is InChI=1S/C18H29NO2/c1-17(2,3)14-9-7-13(8-10-14)16(21)19-12-11-15(20)18(4,5)6/h7-10,15,20H,11-12H2,1-6H3,(H,19,21). The first-order chi connectivity index (χ1) is 9.51. The minimum absolute atomic E-state index is 0.0865. The molecule has 0 saturated heterocycles. The molecule has 0 aliphatic carbocycles. The van der Waals surface area contributed by atoms with Gasteiger partial charge in [0.15, 0.2) is 0 Å². The molecule has 2 N–H and O–H groups in total. The highest BCUT2D eigenvalue weighted by Gasteiger charge is 2.21. The maximum absolute atomic E-state index is 12.0. The summed E-state index contributed by atoms with van der Waals surface area (Å²) in [5, 5.41) is 12.8. The smallest absolute Gasteiger partial charge is 0.251 e. The molecule has 1 atom stereocenters. The van der Waals surface area contributed by atoms with Crippen LogP contribution in [-0.2, 0) is 5.41 Å². The summed E-state index contributed by atoms with van der Waals surface area (Å²) in [6.07, 6.45) is 0.149. The summed E-state index contributed by atoms with van der Waals surface area (Å²) in [7, 11) is 0. The van der Waals surface area contributed by atoms with Gasteiger partial charge in [0.05, 0.1) is 6.10 Å². The highest BCUT2D eigenvalue weighted by atomic mass is 16.3. The summed E-state index contributed by atoms with van der Waals surface area (Å²) < 4.78 is 0. The molecule has 118 valence electrons. The van der Waals surface area contributed by atoms with E-state index in [1.54, 1.807) is 0 Å². The molecular weight excluding hydrogens is 262 g/mol. The van der Waals surface area contributed by atoms with Crippen molar-refractivity contribution in [1.82, 2.24) is 5.32 Å². The lowest BCUT2D eigenvalue weighted by Crippen LogP contribution is -2.32. The van der Waals surface area contributed by atoms with E-state index in [1.807, 2.05) is 45.0 Å². The number of hydrogen-bond donors (Lipinski definition) is 2. The summed E-state index contributed by atoms with van der Waals surface area (Å²) >= 11 is 0. The Balaban J connectivity index is 2.53. The van der Waals surface area contributed by atoms with Crippen LogP contribution >= 0.6 is 0 Å². The Morgan fingerprint density at radius 3 is 2.05 bits per heavy atom. The quantitative estimate of drug-likeness (QED) is 0.892. The number of carbonyl (C=O) groups is 1. The average molecular weight is 291 g/mol. The lowest BCUT2D eigenvalue weighted by molar-refractivity contribution is 0.0551. The molecular formula is C18H29NO2. The molecule has 0 fully saturated rings. The molecule has 0 saturated carbocycles. The highest BCUT2D eigenvalue weighted by Crippen LogP contribution is 2.22. The van der Waals surface area contributed by atoms with Gasteiger partial charge in [-0.15, -0.1) is 0 Å². The van der Waals surface area contributed by atoms with E-state index in [1.165, 1.54) is 5.56 Å². The van der Waals surface area contributed by atoms with Crippen LogP contribution in [-0.4, -0.2) is 23.7 Å². The van der Waals surface area contributed by atoms with Gasteiger partial charge in [0, 0.05) is 12.1 Å². The van der Waals surface area contributed by atoms with Crippen molar-refractivity contribution in [1.29, 1.82) is 0 Å². The first-order valence-corrected chi connectivity index (χ1v) is 7.58. The Morgan fingerprint density at radius 2 is 1.62 bits per heavy atom. The van der Waals surface area contributed by atoms with Gasteiger partial charge in [-0.1, -0.05) is 53.7 Å². The van der Waals surface area contributed by atoms with E-state index >= 15 is 0 Å². The van der Waals surface area contributed by atoms with Gasteiger partial charge in [-0.25, -0.2) is 0 Å². The number of aliphatic hydroxyl groups excluding tert-OH is 1. The molecule has 0 radical (unpaired) electrons. The Kier molecular flexibility index (Phi) is 5.57. The molecule has 1 amide bonds. The van der Waals surface area contributed by atoms with Crippen molar-refractivity contribution in [3.63, 3.8) is 0 Å². The van der Waals surface area contributed by atoms with E-state index in [-0.39, 0.29) is 16.7 Å². The third-order valence-corrected chi connectivity index (χ3v) is 3.72. The first-order valence-electron chi connectivity index (χ1n) is 7.58. The molecule has 3 nitrogen and oxygen atoms in total. The topological polar surface area (TPSA) is 49.3 Å². The molecule has 0 aliphatic rings. The van der Waals surface area contributed by atoms with Crippen molar-refractivity contribution in [2.45, 2.75) is 59.5 Å². The molecule has 1 aromatic rings. The number of hydrogen-bond acceptors (Lipinski definition) is 2. The van der Waals surface area contributed by atoms with Crippen LogP contribution in [0.2, 0.25) is 0 Å². The number of carbonyl (C=O) groups excluding carboxylic acids is 1. The fourth-order valence-electron chi connectivity index (χ4n) is 1.98. The van der Waals surface area contributed by atoms with Crippen LogP contribution < -0.4 is 5.32 Å². The molecule has 0 heterocycles. The van der Waals surface area contributed by atoms with Gasteiger partial charge in [-0.2, -0.15) is 0 Å². The van der Waals surface area contributed by atoms with E-state index in [9.17, 15) is 9.90 Å². The fraction of sp³-hybridized carbons (Fsp3) is 0.611. The second-order valence-electron chi connectivity index (χ2n) is 7.75. The molecule has 1 unspecified atom stereocenters. The Morgan fingerprint density at radius 1 is 1.10 bits per heavy atom. The predicted octanol–water partition coefficient (Wildman–Crippen LogP) is 3.51. The average Bonchev–Trinajstić information content (AvgIpc) is 2.36. The number of benzene rings is 1. The van der Waals surface area contributed by atoms with Gasteiger partial charge in [-0.3, -0.25) is 4.79 Å². The van der Waals surface area contributed by atoms with Crippen molar-refractivity contribution in [2.24, 2.45) is 5.41 Å². The zero-order valence-electron chi connectivity index (χ0n) is 14.2. The van der Waals surface area contributed by atoms with Crippen LogP contribution in [0.15, 0.2) is 24.3 Å². The van der Waals surface area contributed by atoms with Gasteiger partial charge < -0.3 is 10.4 Å². The zero-order chi connectivity index (χ0) is 16.3. The van der Waals surface area contributed by atoms with Crippen LogP contribution in [0.3, 0.4) is 0 Å². The minimum atomic E-state index is -0.416. The third-order valence-electron chi connectivity index (χ3n) is 3.72. The number of nitrogens with one attached hydrogen (secondary N) is 1. The Hall–Kier alpha value is -1.35. The molecule has 3 heteroatoms. The van der Waals surface area contributed by atoms with Gasteiger partial charge in [0.25, 0.3) is 5.91 Å². The summed E-state index contributed by atoms with van der Waals surface area (Å²) in [6.45, 7) is 12.9. The van der Waals surface area contributed by atoms with E-state index in [0.29, 0.717) is 18.5 Å². The Bertz CT molecular complexity index is 463. The monoisotopic (exact) mass is 291 g/mol. The van der Waals surface area contributed by atoms with Crippen LogP contribution in [0, 0.1) is 5.41 Å². The zero-order valence-corrected chi connectivity index (χ0v) is 14.2. The highest BCUT2D eigenvalue weighted by molar-refractivity contribution is 5.94. The summed E-state index contributed by atoms with van der Waals surface area (Å²) in [5.41, 5.74) is 1.81. The molecule has 0 spiro atoms. The maximum Gasteiger partial charge on any atom is 0.251 e. The van der Waals surface area contributed by atoms with Crippen LogP contribution in [0.4, 0.5) is 0 Å². The third kappa shape index (κ3) is 5.50. The molecule has 1 rings (SSSR count). The van der Waals surface area contributed by atoms with E-state index < -0.39 is 6.10 Å². The fourth-order valence-corrected chi connectivity index (χ4v) is 1.98. The SMILES string of the molecule is CC(C)(C)c1ccc(C(=O)NCCC(O)C(C)(C)C)cc1. The first kappa shape index (κ1) is 17.7. The van der Waals surface area contributed by atoms with E-state index in [0.717, 1.165) is 0 Å². The number of amides is 1. The molecule has 0 aromatic heterocycles. The van der Waals surface area contributed by atoms with Gasteiger partial charge in [0.2, 0.25) is 0 Å². The second kappa shape index (κ2) is 6.61. The van der Waals surface area contributed by atoms with E-state index in [4.69, 9.17) is 0 Å². The van der Waals surface area contributed by atoms with Gasteiger partial charge in [0.1, 0.15) is 0 Å². The molecule has 1 aromatic carbocycles. The van der Waals surface area contributed by atoms with Crippen molar-refractivity contribution in [2.75, 3.05) is 6.54 Å². The van der Waals surface area contributed by atoms with Crippen LogP contribution in [0.25, 0.3) is 0 Å². The lowest BCUT2D eigenvalue weighted by Gasteiger charge is -2.25. The predicted molar refractivity (Wildman–Crippen MR) is 87.6 cm³/mol. The molecule has 21 heavy (non-hydrogen) atoms. The van der Waals surface area contributed by atoms with E-state index in [2.05, 4.69) is 26.1 Å². The maximum atomic E-state index is 12.0. The summed E-state index contributed by atoms with van der Waals surface area (Å²) in [4.78, 5) is 12.0. The van der Waals surface area contributed by atoms with Crippen molar-refractivity contribution < 1.29 is 9.90 Å². The summed E-state index contributed by atoms with van der Waals surface area (Å²) in [6, 6.07) is 7.71. The number of aliphatic hydroxyl groups is 1. The van der Waals surface area contributed by atoms with Gasteiger partial charge >= 0.3 is 0 Å². The molecule has 0 aliphatic heterocycles. The van der Waals surface area contributed by atoms with Gasteiger partial charge in [-0.05, 0) is 34.9 Å². The number of rotatable bonds is 4. The Labute approximate surface area is 128 Å². The van der Waals surface area contributed by atoms with Crippen molar-refractivity contribution in [3.8, 4) is 0 Å². The normalized spacial score (nSPS) is 13.9. The minimum Gasteiger partial charge on any atom is -0.393 e. The summed E-state index contributed by atoms with van der Waals surface area (Å²) in [5.74, 6) is -0.0865. The largest absolute Gasteiger partial charge is 0.393 e. The van der Waals surface area contributed by atoms with Crippen molar-refractivity contribution in [3.05, 3.63) is 35.4 Å². The molecule has 0 bridgehead atoms. The second-order valence-corrected chi connectivity index (χ2v) is 7.75.